The second-order valence-corrected chi connectivity index (χ2v) is 7.65. The molecule has 1 aromatic rings. The van der Waals surface area contributed by atoms with Crippen LogP contribution in [0, 0.1) is 11.3 Å². The molecule has 1 spiro atoms. The largest absolute Gasteiger partial charge is 0.335 e. The molecule has 1 N–H and O–H groups in total. The summed E-state index contributed by atoms with van der Waals surface area (Å²) in [6.45, 7) is 5.27. The number of rotatable bonds is 4. The summed E-state index contributed by atoms with van der Waals surface area (Å²) >= 11 is 0. The molecule has 2 fully saturated rings. The smallest absolute Gasteiger partial charge is 0.226 e. The van der Waals surface area contributed by atoms with Gasteiger partial charge in [-0.3, -0.25) is 4.79 Å². The molecule has 132 valence electrons. The first-order valence-corrected chi connectivity index (χ1v) is 9.34. The predicted octanol–water partition coefficient (Wildman–Crippen LogP) is 3.72. The van der Waals surface area contributed by atoms with E-state index in [1.165, 1.54) is 24.0 Å². The molecule has 1 aliphatic heterocycles. The van der Waals surface area contributed by atoms with Gasteiger partial charge in [-0.05, 0) is 68.2 Å². The van der Waals surface area contributed by atoms with Gasteiger partial charge in [0.05, 0.1) is 6.04 Å². The van der Waals surface area contributed by atoms with Crippen LogP contribution in [0.5, 0.6) is 0 Å². The topological polar surface area (TPSA) is 32.3 Å². The third-order valence-corrected chi connectivity index (χ3v) is 6.31. The van der Waals surface area contributed by atoms with Gasteiger partial charge >= 0.3 is 0 Å². The quantitative estimate of drug-likeness (QED) is 0.899. The Morgan fingerprint density at radius 2 is 2.04 bits per heavy atom. The molecular formula is C20H29ClN2O. The maximum absolute atomic E-state index is 13.3. The molecule has 2 aliphatic carbocycles. The summed E-state index contributed by atoms with van der Waals surface area (Å²) in [5.74, 6) is 0.736. The Morgan fingerprint density at radius 1 is 1.29 bits per heavy atom. The standard InChI is InChI=1S/C20H28N2O.ClH/c1-2-13-22(18-8-7-15-5-3-4-6-16(15)18)19(23)17-14-20(17)9-11-21-12-10-20;/h3-6,17-18,21H,2,7-14H2,1H3;1H. The highest BCUT2D eigenvalue weighted by atomic mass is 35.5. The van der Waals surface area contributed by atoms with Gasteiger partial charge in [-0.2, -0.15) is 0 Å². The fraction of sp³-hybridized carbons (Fsp3) is 0.650. The Bertz CT molecular complexity index is 597. The van der Waals surface area contributed by atoms with Crippen molar-refractivity contribution in [3.8, 4) is 0 Å². The minimum absolute atomic E-state index is 0. The van der Waals surface area contributed by atoms with Crippen molar-refractivity contribution in [1.29, 1.82) is 0 Å². The van der Waals surface area contributed by atoms with Crippen molar-refractivity contribution < 1.29 is 4.79 Å². The highest BCUT2D eigenvalue weighted by Crippen LogP contribution is 2.59. The monoisotopic (exact) mass is 348 g/mol. The van der Waals surface area contributed by atoms with E-state index < -0.39 is 0 Å². The molecule has 2 atom stereocenters. The fourth-order valence-corrected chi connectivity index (χ4v) is 4.89. The van der Waals surface area contributed by atoms with Crippen molar-refractivity contribution in [3.05, 3.63) is 35.4 Å². The van der Waals surface area contributed by atoms with E-state index in [1.807, 2.05) is 0 Å². The molecule has 4 heteroatoms. The van der Waals surface area contributed by atoms with Crippen LogP contribution < -0.4 is 5.32 Å². The predicted molar refractivity (Wildman–Crippen MR) is 99.4 cm³/mol. The Hall–Kier alpha value is -1.06. The van der Waals surface area contributed by atoms with E-state index in [1.54, 1.807) is 0 Å². The van der Waals surface area contributed by atoms with E-state index in [9.17, 15) is 4.79 Å². The van der Waals surface area contributed by atoms with Gasteiger partial charge in [-0.25, -0.2) is 0 Å². The Balaban J connectivity index is 0.00000169. The average molecular weight is 349 g/mol. The molecular weight excluding hydrogens is 320 g/mol. The molecule has 1 heterocycles. The van der Waals surface area contributed by atoms with E-state index in [0.717, 1.165) is 45.3 Å². The van der Waals surface area contributed by atoms with Crippen LogP contribution in [0.4, 0.5) is 0 Å². The van der Waals surface area contributed by atoms with Crippen molar-refractivity contribution in [2.75, 3.05) is 19.6 Å². The zero-order valence-electron chi connectivity index (χ0n) is 14.6. The number of hydrogen-bond donors (Lipinski definition) is 1. The molecule has 3 nitrogen and oxygen atoms in total. The number of fused-ring (bicyclic) bond motifs is 1. The Morgan fingerprint density at radius 3 is 2.79 bits per heavy atom. The second kappa shape index (κ2) is 7.05. The normalized spacial score (nSPS) is 26.5. The molecule has 3 aliphatic rings. The zero-order chi connectivity index (χ0) is 15.9. The van der Waals surface area contributed by atoms with Crippen LogP contribution in [0.25, 0.3) is 0 Å². The number of amides is 1. The first-order valence-electron chi connectivity index (χ1n) is 9.34. The van der Waals surface area contributed by atoms with Crippen molar-refractivity contribution in [1.82, 2.24) is 10.2 Å². The van der Waals surface area contributed by atoms with Gasteiger partial charge in [0.1, 0.15) is 0 Å². The van der Waals surface area contributed by atoms with Crippen molar-refractivity contribution in [2.45, 2.75) is 51.5 Å². The molecule has 1 saturated heterocycles. The highest BCUT2D eigenvalue weighted by Gasteiger charge is 2.59. The zero-order valence-corrected chi connectivity index (χ0v) is 15.4. The van der Waals surface area contributed by atoms with Crippen LogP contribution in [0.3, 0.4) is 0 Å². The summed E-state index contributed by atoms with van der Waals surface area (Å²) in [5.41, 5.74) is 3.18. The van der Waals surface area contributed by atoms with Crippen LogP contribution in [-0.2, 0) is 11.2 Å². The number of benzene rings is 1. The minimum Gasteiger partial charge on any atom is -0.335 e. The summed E-state index contributed by atoms with van der Waals surface area (Å²) in [6, 6.07) is 9.03. The summed E-state index contributed by atoms with van der Waals surface area (Å²) in [7, 11) is 0. The number of hydrogen-bond acceptors (Lipinski definition) is 2. The summed E-state index contributed by atoms with van der Waals surface area (Å²) < 4.78 is 0. The van der Waals surface area contributed by atoms with Crippen LogP contribution in [0.2, 0.25) is 0 Å². The van der Waals surface area contributed by atoms with Crippen LogP contribution in [-0.4, -0.2) is 30.4 Å². The number of nitrogens with zero attached hydrogens (tertiary/aromatic N) is 1. The highest BCUT2D eigenvalue weighted by molar-refractivity contribution is 5.85. The lowest BCUT2D eigenvalue weighted by Gasteiger charge is -2.31. The Labute approximate surface area is 151 Å². The SMILES string of the molecule is CCCN(C(=O)C1CC12CCNCC2)C1CCc2ccccc21.Cl. The molecule has 0 bridgehead atoms. The Kier molecular flexibility index (Phi) is 5.22. The van der Waals surface area contributed by atoms with Crippen LogP contribution >= 0.6 is 12.4 Å². The molecule has 24 heavy (non-hydrogen) atoms. The maximum atomic E-state index is 13.3. The molecule has 0 radical (unpaired) electrons. The van der Waals surface area contributed by atoms with E-state index in [2.05, 4.69) is 41.4 Å². The van der Waals surface area contributed by atoms with E-state index in [-0.39, 0.29) is 12.4 Å². The number of carbonyl (C=O) groups excluding carboxylic acids is 1. The van der Waals surface area contributed by atoms with E-state index in [0.29, 0.717) is 23.3 Å². The third-order valence-electron chi connectivity index (χ3n) is 6.31. The van der Waals surface area contributed by atoms with Gasteiger partial charge in [0.25, 0.3) is 0 Å². The summed E-state index contributed by atoms with van der Waals surface area (Å²) in [6.07, 6.45) is 6.77. The fourth-order valence-electron chi connectivity index (χ4n) is 4.89. The lowest BCUT2D eigenvalue weighted by Crippen LogP contribution is -2.38. The van der Waals surface area contributed by atoms with E-state index in [4.69, 9.17) is 0 Å². The van der Waals surface area contributed by atoms with Gasteiger partial charge in [0, 0.05) is 12.5 Å². The van der Waals surface area contributed by atoms with Crippen molar-refractivity contribution >= 4 is 18.3 Å². The number of piperidine rings is 1. The third kappa shape index (κ3) is 2.97. The summed E-state index contributed by atoms with van der Waals surface area (Å²) in [5, 5.41) is 3.44. The number of halogens is 1. The van der Waals surface area contributed by atoms with Crippen molar-refractivity contribution in [3.63, 3.8) is 0 Å². The molecule has 4 rings (SSSR count). The molecule has 1 aromatic carbocycles. The van der Waals surface area contributed by atoms with Gasteiger partial charge in [0.2, 0.25) is 5.91 Å². The first-order chi connectivity index (χ1) is 11.2. The van der Waals surface area contributed by atoms with Crippen LogP contribution in [0.15, 0.2) is 24.3 Å². The van der Waals surface area contributed by atoms with Gasteiger partial charge in [0.15, 0.2) is 0 Å². The van der Waals surface area contributed by atoms with Crippen LogP contribution in [0.1, 0.15) is 56.2 Å². The molecule has 2 unspecified atom stereocenters. The number of aryl methyl sites for hydroxylation is 1. The molecule has 1 saturated carbocycles. The maximum Gasteiger partial charge on any atom is 0.226 e. The number of carbonyl (C=O) groups is 1. The van der Waals surface area contributed by atoms with Gasteiger partial charge in [-0.15, -0.1) is 12.4 Å². The van der Waals surface area contributed by atoms with Gasteiger partial charge < -0.3 is 10.2 Å². The lowest BCUT2D eigenvalue weighted by atomic mass is 9.91. The molecule has 1 amide bonds. The second-order valence-electron chi connectivity index (χ2n) is 7.65. The number of nitrogens with one attached hydrogen (secondary N) is 1. The van der Waals surface area contributed by atoms with E-state index >= 15 is 0 Å². The summed E-state index contributed by atoms with van der Waals surface area (Å²) in [4.78, 5) is 15.5. The minimum atomic E-state index is 0. The first kappa shape index (κ1) is 17.8. The van der Waals surface area contributed by atoms with Gasteiger partial charge in [-0.1, -0.05) is 31.2 Å². The average Bonchev–Trinajstić information content (AvgIpc) is 3.10. The lowest BCUT2D eigenvalue weighted by molar-refractivity contribution is -0.136. The molecule has 0 aromatic heterocycles. The van der Waals surface area contributed by atoms with Crippen molar-refractivity contribution in [2.24, 2.45) is 11.3 Å².